The van der Waals surface area contributed by atoms with E-state index in [0.717, 1.165) is 54.8 Å². The van der Waals surface area contributed by atoms with Gasteiger partial charge in [-0.2, -0.15) is 5.10 Å². The molecule has 6 rings (SSSR count). The quantitative estimate of drug-likeness (QED) is 0.243. The van der Waals surface area contributed by atoms with E-state index in [-0.39, 0.29) is 5.91 Å². The van der Waals surface area contributed by atoms with Crippen LogP contribution in [0.4, 0.5) is 5.69 Å². The van der Waals surface area contributed by atoms with E-state index in [1.165, 1.54) is 4.88 Å². The topological polar surface area (TPSA) is 63.1 Å². The predicted octanol–water partition coefficient (Wildman–Crippen LogP) is 6.98. The Morgan fingerprint density at radius 3 is 2.46 bits per heavy atom. The molecule has 0 spiro atoms. The molecule has 184 valence electrons. The van der Waals surface area contributed by atoms with Crippen molar-refractivity contribution >= 4 is 34.9 Å². The number of rotatable bonds is 6. The number of benzene rings is 2. The van der Waals surface area contributed by atoms with E-state index in [2.05, 4.69) is 76.3 Å². The number of anilines is 1. The Balaban J connectivity index is 1.15. The van der Waals surface area contributed by atoms with E-state index in [1.807, 2.05) is 43.2 Å². The zero-order valence-electron chi connectivity index (χ0n) is 20.7. The molecular weight excluding hydrogens is 498 g/mol. The van der Waals surface area contributed by atoms with Gasteiger partial charge in [-0.25, -0.2) is 4.68 Å². The van der Waals surface area contributed by atoms with E-state index >= 15 is 0 Å². The molecule has 0 unspecified atom stereocenters. The molecule has 1 N–H and O–H groups in total. The summed E-state index contributed by atoms with van der Waals surface area (Å²) in [6.07, 6.45) is 3.73. The first-order valence-corrected chi connectivity index (χ1v) is 13.6. The molecule has 8 heteroatoms. The van der Waals surface area contributed by atoms with Crippen LogP contribution >= 0.6 is 23.3 Å². The average molecular weight is 524 g/mol. The number of nitrogens with zero attached hydrogens (tertiary/aromatic N) is 4. The van der Waals surface area contributed by atoms with Crippen LogP contribution in [0, 0.1) is 13.8 Å². The standard InChI is InChI=1S/C29H25N5OS2/c1-18-12-19(2)34(31-18)24-5-7-25(8-6-24)37-32-23-14-21(15-30-16-23)28-11-10-27(36-28)20-4-9-26-22(13-20)17-33(3)29(26)35/h4-16,32H,17H2,1-3H3. The second-order valence-corrected chi connectivity index (χ2v) is 11.2. The van der Waals surface area contributed by atoms with Gasteiger partial charge in [0.1, 0.15) is 0 Å². The Kier molecular flexibility index (Phi) is 6.06. The number of fused-ring (bicyclic) bond motifs is 1. The Bertz CT molecular complexity index is 1620. The average Bonchev–Trinajstić information content (AvgIpc) is 3.60. The fraction of sp³-hybridized carbons (Fsp3) is 0.138. The van der Waals surface area contributed by atoms with Crippen molar-refractivity contribution in [3.8, 4) is 26.6 Å². The molecule has 1 amide bonds. The maximum Gasteiger partial charge on any atom is 0.254 e. The van der Waals surface area contributed by atoms with E-state index in [4.69, 9.17) is 0 Å². The van der Waals surface area contributed by atoms with Crippen molar-refractivity contribution in [2.24, 2.45) is 0 Å². The van der Waals surface area contributed by atoms with Crippen LogP contribution < -0.4 is 4.72 Å². The SMILES string of the molecule is Cc1cc(C)n(-c2ccc(SNc3cncc(-c4ccc(-c5ccc6c(c5)CN(C)C6=O)s4)c3)cc2)n1. The molecule has 4 heterocycles. The van der Waals surface area contributed by atoms with Gasteiger partial charge in [-0.1, -0.05) is 6.07 Å². The number of pyridine rings is 1. The Labute approximate surface area is 224 Å². The maximum atomic E-state index is 12.2. The zero-order valence-corrected chi connectivity index (χ0v) is 22.4. The number of thiophene rings is 1. The third kappa shape index (κ3) is 4.65. The van der Waals surface area contributed by atoms with Gasteiger partial charge in [0.05, 0.1) is 23.3 Å². The van der Waals surface area contributed by atoms with E-state index in [1.54, 1.807) is 28.2 Å². The summed E-state index contributed by atoms with van der Waals surface area (Å²) >= 11 is 3.29. The molecule has 0 saturated carbocycles. The van der Waals surface area contributed by atoms with Crippen LogP contribution in [0.15, 0.2) is 84.0 Å². The fourth-order valence-electron chi connectivity index (χ4n) is 4.56. The highest BCUT2D eigenvalue weighted by molar-refractivity contribution is 8.00. The summed E-state index contributed by atoms with van der Waals surface area (Å²) in [6, 6.07) is 22.9. The number of carbonyl (C=O) groups excluding carboxylic acids is 1. The molecular formula is C29H25N5OS2. The highest BCUT2D eigenvalue weighted by atomic mass is 32.2. The Hall–Kier alpha value is -3.88. The lowest BCUT2D eigenvalue weighted by Crippen LogP contribution is -2.17. The summed E-state index contributed by atoms with van der Waals surface area (Å²) < 4.78 is 5.38. The van der Waals surface area contributed by atoms with Gasteiger partial charge >= 0.3 is 0 Å². The molecule has 1 aliphatic heterocycles. The molecule has 1 aliphatic rings. The molecule has 37 heavy (non-hydrogen) atoms. The van der Waals surface area contributed by atoms with E-state index < -0.39 is 0 Å². The summed E-state index contributed by atoms with van der Waals surface area (Å²) in [5.74, 6) is 0.0979. The largest absolute Gasteiger partial charge is 0.337 e. The van der Waals surface area contributed by atoms with E-state index in [9.17, 15) is 4.79 Å². The van der Waals surface area contributed by atoms with Crippen molar-refractivity contribution in [3.63, 3.8) is 0 Å². The third-order valence-corrected chi connectivity index (χ3v) is 8.41. The molecule has 0 saturated heterocycles. The van der Waals surface area contributed by atoms with Gasteiger partial charge < -0.3 is 9.62 Å². The fourth-order valence-corrected chi connectivity index (χ4v) is 6.16. The lowest BCUT2D eigenvalue weighted by Gasteiger charge is -2.08. The number of aryl methyl sites for hydroxylation is 2. The van der Waals surface area contributed by atoms with Crippen molar-refractivity contribution < 1.29 is 4.79 Å². The molecule has 5 aromatic rings. The van der Waals surface area contributed by atoms with Crippen LogP contribution in [0.25, 0.3) is 26.6 Å². The highest BCUT2D eigenvalue weighted by Crippen LogP contribution is 2.37. The second kappa shape index (κ2) is 9.53. The first-order chi connectivity index (χ1) is 17.9. The van der Waals surface area contributed by atoms with Crippen molar-refractivity contribution in [1.29, 1.82) is 0 Å². The van der Waals surface area contributed by atoms with Gasteiger partial charge in [0.2, 0.25) is 0 Å². The first kappa shape index (κ1) is 23.5. The molecule has 0 radical (unpaired) electrons. The van der Waals surface area contributed by atoms with Crippen molar-refractivity contribution in [2.45, 2.75) is 25.3 Å². The summed E-state index contributed by atoms with van der Waals surface area (Å²) in [7, 11) is 1.84. The lowest BCUT2D eigenvalue weighted by molar-refractivity contribution is 0.0816. The number of amides is 1. The molecule has 2 aromatic carbocycles. The van der Waals surface area contributed by atoms with Crippen LogP contribution in [0.3, 0.4) is 0 Å². The minimum atomic E-state index is 0.0979. The van der Waals surface area contributed by atoms with Gasteiger partial charge in [0.25, 0.3) is 5.91 Å². The van der Waals surface area contributed by atoms with Gasteiger partial charge in [-0.15, -0.1) is 11.3 Å². The minimum Gasteiger partial charge on any atom is -0.337 e. The number of aromatic nitrogens is 3. The summed E-state index contributed by atoms with van der Waals surface area (Å²) in [5, 5.41) is 4.56. The van der Waals surface area contributed by atoms with Crippen LogP contribution in [0.1, 0.15) is 27.3 Å². The molecule has 3 aromatic heterocycles. The summed E-state index contributed by atoms with van der Waals surface area (Å²) in [4.78, 5) is 21.9. The third-order valence-electron chi connectivity index (χ3n) is 6.38. The maximum absolute atomic E-state index is 12.2. The Morgan fingerprint density at radius 1 is 0.919 bits per heavy atom. The van der Waals surface area contributed by atoms with Gasteiger partial charge in [0.15, 0.2) is 0 Å². The first-order valence-electron chi connectivity index (χ1n) is 12.0. The van der Waals surface area contributed by atoms with Crippen LogP contribution in [-0.4, -0.2) is 32.6 Å². The number of nitrogens with one attached hydrogen (secondary N) is 1. The number of hydrogen-bond acceptors (Lipinski definition) is 6. The minimum absolute atomic E-state index is 0.0979. The van der Waals surface area contributed by atoms with Crippen molar-refractivity contribution in [1.82, 2.24) is 19.7 Å². The highest BCUT2D eigenvalue weighted by Gasteiger charge is 2.24. The molecule has 6 nitrogen and oxygen atoms in total. The predicted molar refractivity (Wildman–Crippen MR) is 151 cm³/mol. The van der Waals surface area contributed by atoms with Gasteiger partial charge in [0, 0.05) is 51.3 Å². The van der Waals surface area contributed by atoms with Gasteiger partial charge in [-0.3, -0.25) is 9.78 Å². The van der Waals surface area contributed by atoms with Gasteiger partial charge in [-0.05, 0) is 97.6 Å². The lowest BCUT2D eigenvalue weighted by atomic mass is 10.1. The van der Waals surface area contributed by atoms with E-state index in [0.29, 0.717) is 6.54 Å². The van der Waals surface area contributed by atoms with Crippen LogP contribution in [0.2, 0.25) is 0 Å². The number of hydrogen-bond donors (Lipinski definition) is 1. The second-order valence-electron chi connectivity index (χ2n) is 9.20. The molecule has 0 atom stereocenters. The summed E-state index contributed by atoms with van der Waals surface area (Å²) in [6.45, 7) is 4.74. The van der Waals surface area contributed by atoms with Crippen LogP contribution in [0.5, 0.6) is 0 Å². The molecule has 0 fully saturated rings. The smallest absolute Gasteiger partial charge is 0.254 e. The number of carbonyl (C=O) groups is 1. The Morgan fingerprint density at radius 2 is 1.70 bits per heavy atom. The normalized spacial score (nSPS) is 12.7. The molecule has 0 aliphatic carbocycles. The summed E-state index contributed by atoms with van der Waals surface area (Å²) in [5.41, 5.74) is 8.23. The van der Waals surface area contributed by atoms with Crippen molar-refractivity contribution in [2.75, 3.05) is 11.8 Å². The monoisotopic (exact) mass is 523 g/mol. The van der Waals surface area contributed by atoms with Crippen molar-refractivity contribution in [3.05, 3.63) is 102 Å². The van der Waals surface area contributed by atoms with Crippen LogP contribution in [-0.2, 0) is 6.54 Å². The molecule has 0 bridgehead atoms. The zero-order chi connectivity index (χ0) is 25.5.